The van der Waals surface area contributed by atoms with Crippen molar-refractivity contribution in [3.05, 3.63) is 29.8 Å². The number of amides is 3. The van der Waals surface area contributed by atoms with E-state index >= 15 is 0 Å². The second-order valence-corrected chi connectivity index (χ2v) is 5.52. The van der Waals surface area contributed by atoms with E-state index in [-0.39, 0.29) is 13.2 Å². The third-order valence-corrected chi connectivity index (χ3v) is 3.47. The lowest BCUT2D eigenvalue weighted by atomic mass is 9.98. The fraction of sp³-hybridized carbons (Fsp3) is 0.400. The molecule has 1 aliphatic rings. The number of nitrogens with one attached hydrogen (secondary N) is 1. The molecule has 112 valence electrons. The Hall–Kier alpha value is -2.37. The Morgan fingerprint density at radius 3 is 2.52 bits per heavy atom. The fourth-order valence-electron chi connectivity index (χ4n) is 2.04. The van der Waals surface area contributed by atoms with Crippen LogP contribution >= 0.6 is 0 Å². The Morgan fingerprint density at radius 2 is 1.90 bits per heavy atom. The molecule has 0 aromatic heterocycles. The molecule has 1 aromatic carbocycles. The molecule has 6 heteroatoms. The number of hydrogen-bond donors (Lipinski definition) is 1. The minimum absolute atomic E-state index is 0.144. The Bertz CT molecular complexity index is 578. The summed E-state index contributed by atoms with van der Waals surface area (Å²) in [7, 11) is 0. The Kier molecular flexibility index (Phi) is 3.97. The average Bonchev–Trinajstić information content (AvgIpc) is 2.42. The van der Waals surface area contributed by atoms with E-state index in [1.54, 1.807) is 26.0 Å². The van der Waals surface area contributed by atoms with Gasteiger partial charge in [0.25, 0.3) is 11.8 Å². The second kappa shape index (κ2) is 5.55. The number of nitrogens with zero attached hydrogens (tertiary/aromatic N) is 1. The van der Waals surface area contributed by atoms with Crippen molar-refractivity contribution in [2.75, 3.05) is 13.2 Å². The molecule has 0 atom stereocenters. The number of carbonyl (C=O) groups is 3. The van der Waals surface area contributed by atoms with Crippen LogP contribution in [0.4, 0.5) is 0 Å². The highest BCUT2D eigenvalue weighted by molar-refractivity contribution is 6.06. The summed E-state index contributed by atoms with van der Waals surface area (Å²) in [5.41, 5.74) is 0.0230. The first-order chi connectivity index (χ1) is 9.80. The number of imide groups is 1. The Balaban J connectivity index is 2.03. The van der Waals surface area contributed by atoms with Gasteiger partial charge in [-0.3, -0.25) is 19.7 Å². The van der Waals surface area contributed by atoms with Gasteiger partial charge in [0.1, 0.15) is 17.8 Å². The van der Waals surface area contributed by atoms with Crippen molar-refractivity contribution in [2.45, 2.75) is 26.3 Å². The lowest BCUT2D eigenvalue weighted by Gasteiger charge is -2.39. The fourth-order valence-corrected chi connectivity index (χ4v) is 2.04. The summed E-state index contributed by atoms with van der Waals surface area (Å²) in [6.45, 7) is 4.79. The van der Waals surface area contributed by atoms with E-state index in [0.29, 0.717) is 5.75 Å². The van der Waals surface area contributed by atoms with Gasteiger partial charge in [-0.1, -0.05) is 17.7 Å². The van der Waals surface area contributed by atoms with E-state index in [2.05, 4.69) is 5.32 Å². The van der Waals surface area contributed by atoms with Crippen LogP contribution in [0.1, 0.15) is 19.4 Å². The molecule has 3 amide bonds. The van der Waals surface area contributed by atoms with Crippen LogP contribution in [0.3, 0.4) is 0 Å². The van der Waals surface area contributed by atoms with Crippen molar-refractivity contribution in [1.29, 1.82) is 0 Å². The molecule has 0 aliphatic carbocycles. The summed E-state index contributed by atoms with van der Waals surface area (Å²) >= 11 is 0. The van der Waals surface area contributed by atoms with E-state index in [1.807, 2.05) is 19.1 Å². The van der Waals surface area contributed by atoms with Crippen LogP contribution in [0.25, 0.3) is 0 Å². The average molecular weight is 290 g/mol. The van der Waals surface area contributed by atoms with Gasteiger partial charge >= 0.3 is 0 Å². The number of piperazine rings is 1. The number of carbonyl (C=O) groups excluding carboxylic acids is 3. The van der Waals surface area contributed by atoms with Crippen LogP contribution < -0.4 is 10.1 Å². The molecule has 1 aromatic rings. The van der Waals surface area contributed by atoms with Crippen molar-refractivity contribution < 1.29 is 19.1 Å². The lowest BCUT2D eigenvalue weighted by molar-refractivity contribution is -0.156. The third-order valence-electron chi connectivity index (χ3n) is 3.47. The van der Waals surface area contributed by atoms with Gasteiger partial charge < -0.3 is 9.64 Å². The summed E-state index contributed by atoms with van der Waals surface area (Å²) in [6.07, 6.45) is 0. The quantitative estimate of drug-likeness (QED) is 0.829. The molecule has 1 saturated heterocycles. The molecular formula is C15H18N2O4. The Morgan fingerprint density at radius 1 is 1.29 bits per heavy atom. The molecule has 6 nitrogen and oxygen atoms in total. The topological polar surface area (TPSA) is 75.7 Å². The maximum atomic E-state index is 12.2. The molecule has 2 rings (SSSR count). The first kappa shape index (κ1) is 15.0. The first-order valence-electron chi connectivity index (χ1n) is 6.65. The van der Waals surface area contributed by atoms with Gasteiger partial charge in [-0.15, -0.1) is 0 Å². The van der Waals surface area contributed by atoms with E-state index in [4.69, 9.17) is 4.74 Å². The number of ether oxygens (including phenoxy) is 1. The van der Waals surface area contributed by atoms with Crippen molar-refractivity contribution in [3.8, 4) is 5.75 Å². The number of hydrogen-bond acceptors (Lipinski definition) is 4. The van der Waals surface area contributed by atoms with Crippen LogP contribution in [-0.2, 0) is 14.4 Å². The van der Waals surface area contributed by atoms with E-state index in [0.717, 1.165) is 5.56 Å². The summed E-state index contributed by atoms with van der Waals surface area (Å²) in [5.74, 6) is -0.797. The number of aryl methyl sites for hydroxylation is 1. The second-order valence-electron chi connectivity index (χ2n) is 5.52. The van der Waals surface area contributed by atoms with Gasteiger partial charge in [-0.05, 0) is 32.9 Å². The summed E-state index contributed by atoms with van der Waals surface area (Å²) in [5, 5.41) is 2.22. The lowest BCUT2D eigenvalue weighted by Crippen LogP contribution is -2.66. The van der Waals surface area contributed by atoms with Gasteiger partial charge in [0.05, 0.1) is 0 Å². The molecule has 1 fully saturated rings. The molecule has 0 bridgehead atoms. The molecule has 0 spiro atoms. The highest BCUT2D eigenvalue weighted by Gasteiger charge is 2.43. The highest BCUT2D eigenvalue weighted by atomic mass is 16.5. The van der Waals surface area contributed by atoms with E-state index < -0.39 is 23.3 Å². The Labute approximate surface area is 123 Å². The zero-order chi connectivity index (χ0) is 15.6. The summed E-state index contributed by atoms with van der Waals surface area (Å²) in [6, 6.07) is 7.28. The molecule has 0 radical (unpaired) electrons. The van der Waals surface area contributed by atoms with Crippen LogP contribution in [0, 0.1) is 6.92 Å². The van der Waals surface area contributed by atoms with Gasteiger partial charge in [0.2, 0.25) is 5.91 Å². The summed E-state index contributed by atoms with van der Waals surface area (Å²) in [4.78, 5) is 36.7. The first-order valence-corrected chi connectivity index (χ1v) is 6.65. The number of benzene rings is 1. The monoisotopic (exact) mass is 290 g/mol. The molecule has 21 heavy (non-hydrogen) atoms. The van der Waals surface area contributed by atoms with Crippen molar-refractivity contribution in [3.63, 3.8) is 0 Å². The van der Waals surface area contributed by atoms with Crippen LogP contribution in [0.2, 0.25) is 0 Å². The minimum atomic E-state index is -1.07. The standard InChI is InChI=1S/C15H18N2O4/c1-10-4-6-11(7-5-10)21-9-13(19)17-8-12(18)16-14(20)15(17,2)3/h4-7H,8-9H2,1-3H3,(H,16,18,20). The molecule has 1 aliphatic heterocycles. The SMILES string of the molecule is Cc1ccc(OCC(=O)N2CC(=O)NC(=O)C2(C)C)cc1. The predicted molar refractivity (Wildman–Crippen MR) is 75.6 cm³/mol. The molecule has 0 unspecified atom stereocenters. The maximum absolute atomic E-state index is 12.2. The molecule has 1 heterocycles. The highest BCUT2D eigenvalue weighted by Crippen LogP contribution is 2.19. The minimum Gasteiger partial charge on any atom is -0.484 e. The predicted octanol–water partition coefficient (Wildman–Crippen LogP) is 0.637. The van der Waals surface area contributed by atoms with Crippen molar-refractivity contribution >= 4 is 17.7 Å². The van der Waals surface area contributed by atoms with Crippen molar-refractivity contribution in [1.82, 2.24) is 10.2 Å². The van der Waals surface area contributed by atoms with E-state index in [9.17, 15) is 14.4 Å². The van der Waals surface area contributed by atoms with E-state index in [1.165, 1.54) is 4.90 Å². The normalized spacial score (nSPS) is 17.4. The van der Waals surface area contributed by atoms with Gasteiger partial charge in [-0.2, -0.15) is 0 Å². The third kappa shape index (κ3) is 3.21. The maximum Gasteiger partial charge on any atom is 0.261 e. The largest absolute Gasteiger partial charge is 0.484 e. The smallest absolute Gasteiger partial charge is 0.261 e. The molecule has 0 saturated carbocycles. The van der Waals surface area contributed by atoms with Crippen LogP contribution in [-0.4, -0.2) is 41.3 Å². The molecule has 1 N–H and O–H groups in total. The zero-order valence-electron chi connectivity index (χ0n) is 12.3. The van der Waals surface area contributed by atoms with Gasteiger partial charge in [-0.25, -0.2) is 0 Å². The zero-order valence-corrected chi connectivity index (χ0v) is 12.3. The summed E-state index contributed by atoms with van der Waals surface area (Å²) < 4.78 is 5.41. The van der Waals surface area contributed by atoms with Gasteiger partial charge in [0, 0.05) is 0 Å². The van der Waals surface area contributed by atoms with Crippen molar-refractivity contribution in [2.24, 2.45) is 0 Å². The molecular weight excluding hydrogens is 272 g/mol. The van der Waals surface area contributed by atoms with Crippen LogP contribution in [0.5, 0.6) is 5.75 Å². The van der Waals surface area contributed by atoms with Crippen LogP contribution in [0.15, 0.2) is 24.3 Å². The van der Waals surface area contributed by atoms with Gasteiger partial charge in [0.15, 0.2) is 6.61 Å². The number of rotatable bonds is 3.